The molecule has 1 saturated heterocycles. The second-order valence-corrected chi connectivity index (χ2v) is 7.54. The van der Waals surface area contributed by atoms with Crippen LogP contribution in [0.2, 0.25) is 0 Å². The monoisotopic (exact) mass is 415 g/mol. The average molecular weight is 415 g/mol. The lowest BCUT2D eigenvalue weighted by Crippen LogP contribution is -2.51. The van der Waals surface area contributed by atoms with Crippen molar-refractivity contribution in [1.82, 2.24) is 14.5 Å². The molecular weight excluding hydrogens is 398 g/mol. The SMILES string of the molecule is O=C(Cn1c(=O)[nH]c2ccsc2c1=O)N1CCN(c2ccc([N+](=O)[O-])cc2)CC1. The molecule has 4 rings (SSSR count). The third-order valence-corrected chi connectivity index (χ3v) is 5.85. The molecule has 0 radical (unpaired) electrons. The summed E-state index contributed by atoms with van der Waals surface area (Å²) in [6.07, 6.45) is 0. The molecule has 1 N–H and O–H groups in total. The van der Waals surface area contributed by atoms with E-state index in [9.17, 15) is 24.5 Å². The first kappa shape index (κ1) is 18.9. The lowest BCUT2D eigenvalue weighted by atomic mass is 10.2. The number of amides is 1. The molecule has 1 aliphatic rings. The highest BCUT2D eigenvalue weighted by Gasteiger charge is 2.23. The maximum absolute atomic E-state index is 12.6. The van der Waals surface area contributed by atoms with E-state index < -0.39 is 16.2 Å². The maximum atomic E-state index is 12.6. The number of nitro benzene ring substituents is 1. The summed E-state index contributed by atoms with van der Waals surface area (Å²) < 4.78 is 1.35. The van der Waals surface area contributed by atoms with Crippen molar-refractivity contribution in [3.05, 3.63) is 66.7 Å². The number of carbonyl (C=O) groups is 1. The highest BCUT2D eigenvalue weighted by molar-refractivity contribution is 7.17. The molecule has 11 heteroatoms. The predicted molar refractivity (Wildman–Crippen MR) is 109 cm³/mol. The molecule has 0 atom stereocenters. The number of carbonyl (C=O) groups excluding carboxylic acids is 1. The van der Waals surface area contributed by atoms with Gasteiger partial charge in [-0.2, -0.15) is 0 Å². The Morgan fingerprint density at radius 3 is 2.45 bits per heavy atom. The van der Waals surface area contributed by atoms with Crippen molar-refractivity contribution < 1.29 is 9.72 Å². The first-order chi connectivity index (χ1) is 13.9. The van der Waals surface area contributed by atoms with Crippen LogP contribution in [0.1, 0.15) is 0 Å². The molecule has 1 aliphatic heterocycles. The van der Waals surface area contributed by atoms with Crippen molar-refractivity contribution in [3.63, 3.8) is 0 Å². The number of nitrogens with zero attached hydrogens (tertiary/aromatic N) is 4. The third kappa shape index (κ3) is 3.63. The number of hydrogen-bond acceptors (Lipinski definition) is 7. The topological polar surface area (TPSA) is 122 Å². The number of nitrogens with one attached hydrogen (secondary N) is 1. The van der Waals surface area contributed by atoms with Gasteiger partial charge in [0.25, 0.3) is 11.2 Å². The van der Waals surface area contributed by atoms with Crippen LogP contribution in [-0.2, 0) is 11.3 Å². The Labute approximate surface area is 167 Å². The van der Waals surface area contributed by atoms with Gasteiger partial charge in [-0.05, 0) is 23.6 Å². The zero-order chi connectivity index (χ0) is 20.5. The van der Waals surface area contributed by atoms with Gasteiger partial charge in [-0.15, -0.1) is 11.3 Å². The fraction of sp³-hybridized carbons (Fsp3) is 0.278. The van der Waals surface area contributed by atoms with E-state index in [4.69, 9.17) is 0 Å². The number of hydrogen-bond donors (Lipinski definition) is 1. The Morgan fingerprint density at radius 2 is 1.79 bits per heavy atom. The molecule has 0 bridgehead atoms. The maximum Gasteiger partial charge on any atom is 0.329 e. The molecule has 10 nitrogen and oxygen atoms in total. The molecule has 0 saturated carbocycles. The number of aromatic nitrogens is 2. The smallest absolute Gasteiger partial charge is 0.329 e. The van der Waals surface area contributed by atoms with Gasteiger partial charge in [0, 0.05) is 44.0 Å². The standard InChI is InChI=1S/C18H17N5O5S/c24-15(11-22-17(25)16-14(5-10-29-16)19-18(22)26)21-8-6-20(7-9-21)12-1-3-13(4-2-12)23(27)28/h1-5,10H,6-9,11H2,(H,19,26). The molecule has 3 aromatic rings. The second kappa shape index (κ2) is 7.51. The number of aromatic amines is 1. The fourth-order valence-electron chi connectivity index (χ4n) is 3.35. The van der Waals surface area contributed by atoms with E-state index in [1.165, 1.54) is 23.5 Å². The number of fused-ring (bicyclic) bond motifs is 1. The van der Waals surface area contributed by atoms with Crippen LogP contribution in [0.4, 0.5) is 11.4 Å². The van der Waals surface area contributed by atoms with Crippen molar-refractivity contribution in [2.75, 3.05) is 31.1 Å². The number of H-pyrrole nitrogens is 1. The first-order valence-electron chi connectivity index (χ1n) is 8.91. The summed E-state index contributed by atoms with van der Waals surface area (Å²) in [6.45, 7) is 1.67. The van der Waals surface area contributed by atoms with E-state index in [0.717, 1.165) is 10.3 Å². The van der Waals surface area contributed by atoms with Gasteiger partial charge < -0.3 is 14.8 Å². The Bertz CT molecular complexity index is 1190. The number of rotatable bonds is 4. The van der Waals surface area contributed by atoms with E-state index in [-0.39, 0.29) is 18.1 Å². The lowest BCUT2D eigenvalue weighted by Gasteiger charge is -2.36. The van der Waals surface area contributed by atoms with Crippen molar-refractivity contribution in [3.8, 4) is 0 Å². The molecule has 29 heavy (non-hydrogen) atoms. The van der Waals surface area contributed by atoms with Crippen LogP contribution in [0.15, 0.2) is 45.3 Å². The van der Waals surface area contributed by atoms with Crippen molar-refractivity contribution in [2.24, 2.45) is 0 Å². The van der Waals surface area contributed by atoms with Crippen LogP contribution in [-0.4, -0.2) is 51.5 Å². The fourth-order valence-corrected chi connectivity index (χ4v) is 4.15. The van der Waals surface area contributed by atoms with E-state index >= 15 is 0 Å². The van der Waals surface area contributed by atoms with Crippen LogP contribution < -0.4 is 16.1 Å². The van der Waals surface area contributed by atoms with Gasteiger partial charge in [0.2, 0.25) is 5.91 Å². The van der Waals surface area contributed by atoms with Gasteiger partial charge in [0.1, 0.15) is 11.2 Å². The summed E-state index contributed by atoms with van der Waals surface area (Å²) in [5.74, 6) is -0.295. The Balaban J connectivity index is 1.42. The predicted octanol–water partition coefficient (Wildman–Crippen LogP) is 1.01. The van der Waals surface area contributed by atoms with E-state index in [2.05, 4.69) is 4.98 Å². The number of non-ortho nitro benzene ring substituents is 1. The molecule has 3 heterocycles. The second-order valence-electron chi connectivity index (χ2n) is 6.63. The van der Waals surface area contributed by atoms with Gasteiger partial charge >= 0.3 is 5.69 Å². The molecule has 1 aromatic carbocycles. The Morgan fingerprint density at radius 1 is 1.10 bits per heavy atom. The summed E-state index contributed by atoms with van der Waals surface area (Å²) in [5, 5.41) is 12.5. The van der Waals surface area contributed by atoms with Crippen LogP contribution in [0.3, 0.4) is 0 Å². The molecule has 1 amide bonds. The van der Waals surface area contributed by atoms with Gasteiger partial charge in [0.15, 0.2) is 0 Å². The number of piperazine rings is 1. The van der Waals surface area contributed by atoms with Gasteiger partial charge in [-0.1, -0.05) is 0 Å². The molecule has 0 aliphatic carbocycles. The van der Waals surface area contributed by atoms with Crippen LogP contribution >= 0.6 is 11.3 Å². The molecule has 0 unspecified atom stereocenters. The van der Waals surface area contributed by atoms with Crippen LogP contribution in [0, 0.1) is 10.1 Å². The van der Waals surface area contributed by atoms with E-state index in [0.29, 0.717) is 36.4 Å². The highest BCUT2D eigenvalue weighted by atomic mass is 32.1. The van der Waals surface area contributed by atoms with Crippen molar-refractivity contribution in [1.29, 1.82) is 0 Å². The average Bonchev–Trinajstić information content (AvgIpc) is 3.19. The molecule has 2 aromatic heterocycles. The van der Waals surface area contributed by atoms with Crippen LogP contribution in [0.25, 0.3) is 10.2 Å². The number of thiophene rings is 1. The Hall–Kier alpha value is -3.47. The van der Waals surface area contributed by atoms with Gasteiger partial charge in [-0.3, -0.25) is 19.7 Å². The minimum atomic E-state index is -0.598. The van der Waals surface area contributed by atoms with E-state index in [1.54, 1.807) is 28.5 Å². The molecule has 150 valence electrons. The molecule has 1 fully saturated rings. The highest BCUT2D eigenvalue weighted by Crippen LogP contribution is 2.20. The summed E-state index contributed by atoms with van der Waals surface area (Å²) in [6, 6.07) is 7.93. The minimum Gasteiger partial charge on any atom is -0.368 e. The quantitative estimate of drug-likeness (QED) is 0.501. The minimum absolute atomic E-state index is 0.0286. The van der Waals surface area contributed by atoms with E-state index in [1.807, 2.05) is 4.90 Å². The number of anilines is 1. The zero-order valence-electron chi connectivity index (χ0n) is 15.2. The normalized spacial score (nSPS) is 14.3. The first-order valence-corrected chi connectivity index (χ1v) is 9.79. The summed E-state index contributed by atoms with van der Waals surface area (Å²) in [5.41, 5.74) is 0.292. The largest absolute Gasteiger partial charge is 0.368 e. The Kier molecular flexibility index (Phi) is 4.89. The third-order valence-electron chi connectivity index (χ3n) is 4.94. The van der Waals surface area contributed by atoms with Crippen molar-refractivity contribution >= 4 is 38.8 Å². The summed E-state index contributed by atoms with van der Waals surface area (Å²) in [4.78, 5) is 53.9. The molecular formula is C18H17N5O5S. The number of nitro groups is 1. The summed E-state index contributed by atoms with van der Waals surface area (Å²) in [7, 11) is 0. The summed E-state index contributed by atoms with van der Waals surface area (Å²) >= 11 is 1.22. The van der Waals surface area contributed by atoms with Gasteiger partial charge in [0.05, 0.1) is 10.4 Å². The van der Waals surface area contributed by atoms with Crippen LogP contribution in [0.5, 0.6) is 0 Å². The molecule has 0 spiro atoms. The number of benzene rings is 1. The van der Waals surface area contributed by atoms with Crippen molar-refractivity contribution in [2.45, 2.75) is 6.54 Å². The van der Waals surface area contributed by atoms with Gasteiger partial charge in [-0.25, -0.2) is 9.36 Å². The zero-order valence-corrected chi connectivity index (χ0v) is 16.1. The lowest BCUT2D eigenvalue weighted by molar-refractivity contribution is -0.384.